The van der Waals surface area contributed by atoms with Gasteiger partial charge in [0.2, 0.25) is 0 Å². The van der Waals surface area contributed by atoms with Gasteiger partial charge >= 0.3 is 6.03 Å². The largest absolute Gasteiger partial charge is 0.338 e. The molecule has 0 spiro atoms. The average Bonchev–Trinajstić information content (AvgIpc) is 2.47. The van der Waals surface area contributed by atoms with Crippen LogP contribution >= 0.6 is 11.6 Å². The van der Waals surface area contributed by atoms with Crippen molar-refractivity contribution in [3.8, 4) is 0 Å². The van der Waals surface area contributed by atoms with E-state index in [0.717, 1.165) is 11.6 Å². The lowest BCUT2D eigenvalue weighted by molar-refractivity contribution is 0.240. The fraction of sp³-hybridized carbons (Fsp3) is 0.188. The van der Waals surface area contributed by atoms with Gasteiger partial charge in [0.05, 0.1) is 0 Å². The second-order valence-corrected chi connectivity index (χ2v) is 5.16. The Bertz CT molecular complexity index is 664. The van der Waals surface area contributed by atoms with Crippen molar-refractivity contribution in [2.24, 2.45) is 0 Å². The Morgan fingerprint density at radius 1 is 1.09 bits per heavy atom. The fourth-order valence-electron chi connectivity index (χ4n) is 1.93. The molecule has 0 radical (unpaired) electrons. The van der Waals surface area contributed by atoms with E-state index in [-0.39, 0.29) is 19.0 Å². The van der Waals surface area contributed by atoms with E-state index in [4.69, 9.17) is 11.6 Å². The molecular formula is C16H15ClF2N2O. The molecule has 2 aromatic rings. The molecule has 2 rings (SSSR count). The summed E-state index contributed by atoms with van der Waals surface area (Å²) in [6.45, 7) is 0.598. The van der Waals surface area contributed by atoms with Crippen LogP contribution in [0.2, 0.25) is 5.02 Å². The molecule has 0 fully saturated rings. The monoisotopic (exact) mass is 324 g/mol. The number of urea groups is 1. The number of amides is 2. The summed E-state index contributed by atoms with van der Waals surface area (Å²) in [6, 6.07) is 10.2. The topological polar surface area (TPSA) is 41.1 Å². The van der Waals surface area contributed by atoms with Crippen LogP contribution in [0.15, 0.2) is 42.5 Å². The zero-order valence-electron chi connectivity index (χ0n) is 11.7. The van der Waals surface area contributed by atoms with E-state index in [0.29, 0.717) is 17.1 Å². The van der Waals surface area contributed by atoms with E-state index in [1.807, 2.05) is 6.07 Å². The lowest BCUT2D eigenvalue weighted by Gasteiger charge is -2.08. The van der Waals surface area contributed by atoms with E-state index in [1.54, 1.807) is 18.2 Å². The number of hydrogen-bond donors (Lipinski definition) is 2. The summed E-state index contributed by atoms with van der Waals surface area (Å²) < 4.78 is 26.2. The number of carbonyl (C=O) groups is 1. The van der Waals surface area contributed by atoms with Crippen LogP contribution < -0.4 is 10.6 Å². The van der Waals surface area contributed by atoms with Gasteiger partial charge in [-0.2, -0.15) is 0 Å². The van der Waals surface area contributed by atoms with Gasteiger partial charge in [0, 0.05) is 24.2 Å². The Balaban J connectivity index is 1.74. The van der Waals surface area contributed by atoms with E-state index >= 15 is 0 Å². The van der Waals surface area contributed by atoms with Crippen molar-refractivity contribution in [1.82, 2.24) is 10.6 Å². The number of nitrogens with one attached hydrogen (secondary N) is 2. The zero-order valence-corrected chi connectivity index (χ0v) is 12.5. The molecule has 0 heterocycles. The Labute approximate surface area is 132 Å². The Morgan fingerprint density at radius 3 is 2.64 bits per heavy atom. The maximum absolute atomic E-state index is 13.4. The summed E-state index contributed by atoms with van der Waals surface area (Å²) in [4.78, 5) is 11.6. The van der Waals surface area contributed by atoms with E-state index in [1.165, 1.54) is 12.1 Å². The first-order chi connectivity index (χ1) is 10.5. The molecule has 0 aliphatic carbocycles. The molecule has 0 aliphatic heterocycles. The van der Waals surface area contributed by atoms with Crippen molar-refractivity contribution < 1.29 is 13.6 Å². The average molecular weight is 325 g/mol. The van der Waals surface area contributed by atoms with Gasteiger partial charge in [-0.15, -0.1) is 0 Å². The SMILES string of the molecule is O=C(NCCc1ccc(F)cc1F)NCc1cccc(Cl)c1. The van der Waals surface area contributed by atoms with Crippen LogP contribution in [0.1, 0.15) is 11.1 Å². The second kappa shape index (κ2) is 7.75. The summed E-state index contributed by atoms with van der Waals surface area (Å²) >= 11 is 5.85. The smallest absolute Gasteiger partial charge is 0.315 e. The van der Waals surface area contributed by atoms with Crippen LogP contribution in [-0.2, 0) is 13.0 Å². The molecular weight excluding hydrogens is 310 g/mol. The van der Waals surface area contributed by atoms with Gasteiger partial charge < -0.3 is 10.6 Å². The van der Waals surface area contributed by atoms with E-state index < -0.39 is 11.6 Å². The Kier molecular flexibility index (Phi) is 5.72. The summed E-state index contributed by atoms with van der Waals surface area (Å²) in [6.07, 6.45) is 0.288. The quantitative estimate of drug-likeness (QED) is 0.866. The number of benzene rings is 2. The molecule has 3 nitrogen and oxygen atoms in total. The highest BCUT2D eigenvalue weighted by Crippen LogP contribution is 2.10. The minimum atomic E-state index is -0.617. The lowest BCUT2D eigenvalue weighted by atomic mass is 10.1. The van der Waals surface area contributed by atoms with Crippen molar-refractivity contribution in [3.63, 3.8) is 0 Å². The second-order valence-electron chi connectivity index (χ2n) is 4.73. The van der Waals surface area contributed by atoms with Gasteiger partial charge in [-0.1, -0.05) is 29.8 Å². The van der Waals surface area contributed by atoms with Gasteiger partial charge in [-0.25, -0.2) is 13.6 Å². The molecule has 0 aliphatic rings. The summed E-state index contributed by atoms with van der Waals surface area (Å²) in [7, 11) is 0. The van der Waals surface area contributed by atoms with Gasteiger partial charge in [-0.05, 0) is 35.7 Å². The van der Waals surface area contributed by atoms with Gasteiger partial charge in [0.15, 0.2) is 0 Å². The van der Waals surface area contributed by atoms with Crippen molar-refractivity contribution >= 4 is 17.6 Å². The van der Waals surface area contributed by atoms with E-state index in [9.17, 15) is 13.6 Å². The van der Waals surface area contributed by atoms with Crippen LogP contribution in [-0.4, -0.2) is 12.6 Å². The molecule has 0 aromatic heterocycles. The highest BCUT2D eigenvalue weighted by atomic mass is 35.5. The number of carbonyl (C=O) groups excluding carboxylic acids is 1. The fourth-order valence-corrected chi connectivity index (χ4v) is 2.14. The van der Waals surface area contributed by atoms with Crippen LogP contribution in [0.3, 0.4) is 0 Å². The van der Waals surface area contributed by atoms with Crippen molar-refractivity contribution in [2.75, 3.05) is 6.54 Å². The minimum Gasteiger partial charge on any atom is -0.338 e. The van der Waals surface area contributed by atoms with Crippen molar-refractivity contribution in [2.45, 2.75) is 13.0 Å². The third-order valence-electron chi connectivity index (χ3n) is 3.04. The van der Waals surface area contributed by atoms with Crippen molar-refractivity contribution in [1.29, 1.82) is 0 Å². The molecule has 0 atom stereocenters. The minimum absolute atomic E-state index is 0.254. The molecule has 6 heteroatoms. The predicted octanol–water partition coefficient (Wildman–Crippen LogP) is 3.66. The first kappa shape index (κ1) is 16.2. The van der Waals surface area contributed by atoms with Crippen LogP contribution in [0, 0.1) is 11.6 Å². The Morgan fingerprint density at radius 2 is 1.91 bits per heavy atom. The summed E-state index contributed by atoms with van der Waals surface area (Å²) in [5.41, 5.74) is 1.24. The standard InChI is InChI=1S/C16H15ClF2N2O/c17-13-3-1-2-11(8-13)10-21-16(22)20-7-6-12-4-5-14(18)9-15(12)19/h1-5,8-9H,6-7,10H2,(H2,20,21,22). The van der Waals surface area contributed by atoms with Crippen molar-refractivity contribution in [3.05, 3.63) is 70.2 Å². The molecule has 0 saturated carbocycles. The molecule has 0 unspecified atom stereocenters. The normalized spacial score (nSPS) is 10.3. The first-order valence-electron chi connectivity index (χ1n) is 6.74. The van der Waals surface area contributed by atoms with Crippen LogP contribution in [0.4, 0.5) is 13.6 Å². The van der Waals surface area contributed by atoms with Gasteiger partial charge in [0.1, 0.15) is 11.6 Å². The lowest BCUT2D eigenvalue weighted by Crippen LogP contribution is -2.36. The third kappa shape index (κ3) is 5.00. The first-order valence-corrected chi connectivity index (χ1v) is 7.12. The number of halogens is 3. The van der Waals surface area contributed by atoms with Crippen LogP contribution in [0.5, 0.6) is 0 Å². The van der Waals surface area contributed by atoms with Gasteiger partial charge in [0.25, 0.3) is 0 Å². The molecule has 0 saturated heterocycles. The van der Waals surface area contributed by atoms with Crippen LogP contribution in [0.25, 0.3) is 0 Å². The molecule has 2 N–H and O–H groups in total. The molecule has 2 amide bonds. The highest BCUT2D eigenvalue weighted by molar-refractivity contribution is 6.30. The van der Waals surface area contributed by atoms with E-state index in [2.05, 4.69) is 10.6 Å². The molecule has 22 heavy (non-hydrogen) atoms. The molecule has 0 bridgehead atoms. The summed E-state index contributed by atoms with van der Waals surface area (Å²) in [5.74, 6) is -1.23. The number of hydrogen-bond acceptors (Lipinski definition) is 1. The molecule has 116 valence electrons. The maximum Gasteiger partial charge on any atom is 0.315 e. The summed E-state index contributed by atoms with van der Waals surface area (Å²) in [5, 5.41) is 5.89. The Hall–Kier alpha value is -2.14. The highest BCUT2D eigenvalue weighted by Gasteiger charge is 2.05. The zero-order chi connectivity index (χ0) is 15.9. The van der Waals surface area contributed by atoms with Gasteiger partial charge in [-0.3, -0.25) is 0 Å². The third-order valence-corrected chi connectivity index (χ3v) is 3.27. The predicted molar refractivity (Wildman–Crippen MR) is 81.8 cm³/mol. The maximum atomic E-state index is 13.4. The molecule has 2 aromatic carbocycles. The number of rotatable bonds is 5.